The molecule has 28 heavy (non-hydrogen) atoms. The van der Waals surface area contributed by atoms with E-state index < -0.39 is 13.7 Å². The topological polar surface area (TPSA) is 65.0 Å². The first kappa shape index (κ1) is 20.1. The summed E-state index contributed by atoms with van der Waals surface area (Å²) in [6.07, 6.45) is -0.544. The summed E-state index contributed by atoms with van der Waals surface area (Å²) < 4.78 is 32.5. The van der Waals surface area contributed by atoms with Crippen LogP contribution in [0.15, 0.2) is 54.3 Å². The molecule has 2 aromatic carbocycles. The second-order valence-corrected chi connectivity index (χ2v) is 11.1. The minimum Gasteiger partial charge on any atom is -0.460 e. The van der Waals surface area contributed by atoms with Crippen LogP contribution in [-0.4, -0.2) is 18.3 Å². The van der Waals surface area contributed by atoms with Gasteiger partial charge in [0.2, 0.25) is 0 Å². The third-order valence-electron chi connectivity index (χ3n) is 4.78. The Bertz CT molecular complexity index is 956. The molecule has 1 unspecified atom stereocenters. The van der Waals surface area contributed by atoms with Crippen molar-refractivity contribution in [1.82, 2.24) is 0 Å². The first-order valence-electron chi connectivity index (χ1n) is 9.11. The van der Waals surface area contributed by atoms with Crippen LogP contribution in [0.3, 0.4) is 0 Å². The van der Waals surface area contributed by atoms with E-state index in [-0.39, 0.29) is 11.8 Å². The van der Waals surface area contributed by atoms with Crippen molar-refractivity contribution in [3.8, 4) is 5.75 Å². The molecule has 0 spiro atoms. The SMILES string of the molecule is CC1(C)COP(=O)(/C(=C2\CC(O)c3cc(I)ccc3O2)c2ccccc2)OC1. The van der Waals surface area contributed by atoms with Gasteiger partial charge in [-0.15, -0.1) is 0 Å². The number of hydrogen-bond acceptors (Lipinski definition) is 5. The van der Waals surface area contributed by atoms with Gasteiger partial charge in [-0.1, -0.05) is 44.2 Å². The lowest BCUT2D eigenvalue weighted by molar-refractivity contribution is 0.0464. The number of rotatable bonds is 2. The van der Waals surface area contributed by atoms with Gasteiger partial charge in [-0.05, 0) is 46.4 Å². The fourth-order valence-corrected chi connectivity index (χ4v) is 6.07. The van der Waals surface area contributed by atoms with E-state index in [0.29, 0.717) is 35.6 Å². The average Bonchev–Trinajstić information content (AvgIpc) is 2.66. The molecule has 0 bridgehead atoms. The van der Waals surface area contributed by atoms with Gasteiger partial charge in [0.05, 0.1) is 19.3 Å². The van der Waals surface area contributed by atoms with E-state index in [0.717, 1.165) is 9.13 Å². The van der Waals surface area contributed by atoms with E-state index in [4.69, 9.17) is 13.8 Å². The molecule has 2 aliphatic heterocycles. The Morgan fingerprint density at radius 2 is 1.82 bits per heavy atom. The molecule has 2 aromatic rings. The number of fused-ring (bicyclic) bond motifs is 1. The minimum absolute atomic E-state index is 0.206. The Labute approximate surface area is 178 Å². The van der Waals surface area contributed by atoms with E-state index in [1.807, 2.05) is 62.4 Å². The zero-order chi connectivity index (χ0) is 19.9. The molecule has 5 nitrogen and oxygen atoms in total. The van der Waals surface area contributed by atoms with E-state index in [1.54, 1.807) is 0 Å². The quantitative estimate of drug-likeness (QED) is 0.411. The van der Waals surface area contributed by atoms with Crippen LogP contribution >= 0.6 is 30.2 Å². The molecular weight excluding hydrogens is 490 g/mol. The van der Waals surface area contributed by atoms with Crippen molar-refractivity contribution in [1.29, 1.82) is 0 Å². The molecule has 148 valence electrons. The van der Waals surface area contributed by atoms with Crippen LogP contribution in [0.2, 0.25) is 0 Å². The molecule has 1 atom stereocenters. The maximum Gasteiger partial charge on any atom is 0.365 e. The lowest BCUT2D eigenvalue weighted by atomic mass is 9.97. The highest BCUT2D eigenvalue weighted by molar-refractivity contribution is 14.1. The van der Waals surface area contributed by atoms with Crippen LogP contribution in [0.5, 0.6) is 5.75 Å². The minimum atomic E-state index is -3.60. The lowest BCUT2D eigenvalue weighted by Gasteiger charge is -2.36. The standard InChI is InChI=1S/C21H22IO5P/c1-21(2)12-25-28(24,26-13-21)20(14-6-4-3-5-7-14)19-11-17(23)16-10-15(22)8-9-18(16)27-19/h3-10,17,23H,11-13H2,1-2H3/b20-19+. The highest BCUT2D eigenvalue weighted by atomic mass is 127. The molecule has 1 fully saturated rings. The van der Waals surface area contributed by atoms with Crippen LogP contribution in [0, 0.1) is 8.99 Å². The van der Waals surface area contributed by atoms with Crippen LogP contribution in [0.25, 0.3) is 5.31 Å². The number of ether oxygens (including phenoxy) is 1. The van der Waals surface area contributed by atoms with Crippen LogP contribution in [0.1, 0.15) is 37.5 Å². The normalized spacial score (nSPS) is 24.8. The molecule has 7 heteroatoms. The summed E-state index contributed by atoms with van der Waals surface area (Å²) in [5.74, 6) is 0.988. The monoisotopic (exact) mass is 512 g/mol. The van der Waals surface area contributed by atoms with Gasteiger partial charge in [0, 0.05) is 21.0 Å². The van der Waals surface area contributed by atoms with E-state index in [2.05, 4.69) is 22.6 Å². The summed E-state index contributed by atoms with van der Waals surface area (Å²) in [5, 5.41) is 11.1. The molecule has 1 N–H and O–H groups in total. The van der Waals surface area contributed by atoms with Crippen molar-refractivity contribution in [2.45, 2.75) is 26.4 Å². The fourth-order valence-electron chi connectivity index (χ4n) is 3.27. The zero-order valence-corrected chi connectivity index (χ0v) is 18.8. The van der Waals surface area contributed by atoms with Crippen LogP contribution in [0.4, 0.5) is 0 Å². The first-order chi connectivity index (χ1) is 13.3. The smallest absolute Gasteiger partial charge is 0.365 e. The molecule has 0 amide bonds. The molecular formula is C21H22IO5P. The van der Waals surface area contributed by atoms with Crippen molar-refractivity contribution in [2.24, 2.45) is 5.41 Å². The van der Waals surface area contributed by atoms with Crippen molar-refractivity contribution in [3.63, 3.8) is 0 Å². The predicted molar refractivity (Wildman–Crippen MR) is 116 cm³/mol. The maximum absolute atomic E-state index is 13.7. The highest BCUT2D eigenvalue weighted by Crippen LogP contribution is 2.65. The summed E-state index contributed by atoms with van der Waals surface area (Å²) in [6, 6.07) is 15.0. The molecule has 1 saturated heterocycles. The fraction of sp³-hybridized carbons (Fsp3) is 0.333. The Hall–Kier alpha value is -1.18. The zero-order valence-electron chi connectivity index (χ0n) is 15.7. The third kappa shape index (κ3) is 3.94. The second-order valence-electron chi connectivity index (χ2n) is 7.85. The largest absolute Gasteiger partial charge is 0.460 e. The average molecular weight is 512 g/mol. The number of aliphatic hydroxyl groups excluding tert-OH is 1. The van der Waals surface area contributed by atoms with Crippen molar-refractivity contribution < 1.29 is 23.5 Å². The third-order valence-corrected chi connectivity index (χ3v) is 7.44. The van der Waals surface area contributed by atoms with Crippen LogP contribution in [-0.2, 0) is 13.6 Å². The highest BCUT2D eigenvalue weighted by Gasteiger charge is 2.43. The number of aliphatic hydroxyl groups is 1. The first-order valence-corrected chi connectivity index (χ1v) is 11.7. The molecule has 0 saturated carbocycles. The second kappa shape index (κ2) is 7.58. The maximum atomic E-state index is 13.7. The Morgan fingerprint density at radius 3 is 2.50 bits per heavy atom. The Kier molecular flexibility index (Phi) is 5.44. The molecule has 2 heterocycles. The van der Waals surface area contributed by atoms with Gasteiger partial charge in [-0.2, -0.15) is 0 Å². The summed E-state index contributed by atoms with van der Waals surface area (Å²) in [4.78, 5) is 0. The Morgan fingerprint density at radius 1 is 1.14 bits per heavy atom. The summed E-state index contributed by atoms with van der Waals surface area (Å²) >= 11 is 2.20. The molecule has 2 aliphatic rings. The van der Waals surface area contributed by atoms with Gasteiger partial charge in [0.15, 0.2) is 0 Å². The van der Waals surface area contributed by atoms with Gasteiger partial charge in [-0.3, -0.25) is 4.57 Å². The van der Waals surface area contributed by atoms with Gasteiger partial charge in [-0.25, -0.2) is 0 Å². The van der Waals surface area contributed by atoms with Gasteiger partial charge >= 0.3 is 7.60 Å². The van der Waals surface area contributed by atoms with Crippen molar-refractivity contribution >= 4 is 35.5 Å². The molecule has 4 rings (SSSR count). The number of benzene rings is 2. The van der Waals surface area contributed by atoms with Gasteiger partial charge in [0.25, 0.3) is 0 Å². The number of hydrogen-bond donors (Lipinski definition) is 1. The number of halogens is 1. The molecule has 0 aromatic heterocycles. The predicted octanol–water partition coefficient (Wildman–Crippen LogP) is 5.74. The van der Waals surface area contributed by atoms with Crippen molar-refractivity contribution in [3.05, 3.63) is 69.0 Å². The van der Waals surface area contributed by atoms with Crippen molar-refractivity contribution in [2.75, 3.05) is 13.2 Å². The van der Waals surface area contributed by atoms with Gasteiger partial charge < -0.3 is 18.9 Å². The van der Waals surface area contributed by atoms with Gasteiger partial charge in [0.1, 0.15) is 16.8 Å². The summed E-state index contributed by atoms with van der Waals surface area (Å²) in [5.41, 5.74) is 1.23. The Balaban J connectivity index is 1.83. The summed E-state index contributed by atoms with van der Waals surface area (Å²) in [7, 11) is -3.60. The summed E-state index contributed by atoms with van der Waals surface area (Å²) in [6.45, 7) is 4.66. The molecule has 0 aliphatic carbocycles. The van der Waals surface area contributed by atoms with Crippen LogP contribution < -0.4 is 4.74 Å². The van der Waals surface area contributed by atoms with E-state index in [9.17, 15) is 9.67 Å². The molecule has 0 radical (unpaired) electrons. The lowest BCUT2D eigenvalue weighted by Crippen LogP contribution is -2.30. The van der Waals surface area contributed by atoms with E-state index >= 15 is 0 Å². The van der Waals surface area contributed by atoms with E-state index in [1.165, 1.54) is 0 Å².